The number of ether oxygens (including phenoxy) is 1. The summed E-state index contributed by atoms with van der Waals surface area (Å²) in [7, 11) is 1.43. The summed E-state index contributed by atoms with van der Waals surface area (Å²) in [6, 6.07) is 11.0. The van der Waals surface area contributed by atoms with Gasteiger partial charge in [-0.15, -0.1) is 0 Å². The second kappa shape index (κ2) is 8.74. The first-order valence-corrected chi connectivity index (χ1v) is 9.93. The van der Waals surface area contributed by atoms with E-state index in [1.165, 1.54) is 13.3 Å². The maximum Gasteiger partial charge on any atom is 0.253 e. The fourth-order valence-electron chi connectivity index (χ4n) is 3.03. The first kappa shape index (κ1) is 20.3. The van der Waals surface area contributed by atoms with Crippen LogP contribution in [0.3, 0.4) is 0 Å². The lowest BCUT2D eigenvalue weighted by Crippen LogP contribution is -2.34. The van der Waals surface area contributed by atoms with Gasteiger partial charge in [0.1, 0.15) is 5.92 Å². The van der Waals surface area contributed by atoms with Gasteiger partial charge in [-0.25, -0.2) is 5.43 Å². The Labute approximate surface area is 178 Å². The number of nitrogens with one attached hydrogen (secondary N) is 2. The number of carbonyl (C=O) groups is 2. The molecule has 28 heavy (non-hydrogen) atoms. The number of carbonyl (C=O) groups excluding carboxylic acids is 2. The summed E-state index contributed by atoms with van der Waals surface area (Å²) >= 11 is 6.61. The zero-order valence-electron chi connectivity index (χ0n) is 14.8. The number of aromatic hydroxyl groups is 1. The van der Waals surface area contributed by atoms with E-state index in [4.69, 9.17) is 4.74 Å². The molecule has 2 aromatic rings. The molecule has 0 bridgehead atoms. The van der Waals surface area contributed by atoms with Gasteiger partial charge in [0, 0.05) is 22.5 Å². The Hall–Kier alpha value is -2.39. The number of phenolic OH excluding ortho intramolecular Hbond substituents is 1. The minimum atomic E-state index is -0.857. The van der Waals surface area contributed by atoms with Gasteiger partial charge in [-0.3, -0.25) is 9.59 Å². The molecule has 146 valence electrons. The third-order valence-corrected chi connectivity index (χ3v) is 6.62. The van der Waals surface area contributed by atoms with Gasteiger partial charge in [0.05, 0.1) is 17.8 Å². The molecule has 3 rings (SSSR count). The fourth-order valence-corrected chi connectivity index (χ4v) is 3.86. The van der Waals surface area contributed by atoms with Gasteiger partial charge in [0.15, 0.2) is 11.5 Å². The Morgan fingerprint density at radius 3 is 2.71 bits per heavy atom. The molecule has 1 aliphatic heterocycles. The molecule has 2 unspecified atom stereocenters. The zero-order chi connectivity index (χ0) is 20.3. The van der Waals surface area contributed by atoms with E-state index in [1.807, 2.05) is 30.3 Å². The average Bonchev–Trinajstić information content (AvgIpc) is 3.10. The van der Waals surface area contributed by atoms with Crippen molar-refractivity contribution in [2.75, 3.05) is 13.7 Å². The molecule has 2 amide bonds. The monoisotopic (exact) mass is 509 g/mol. The van der Waals surface area contributed by atoms with Gasteiger partial charge in [-0.05, 0) is 43.5 Å². The Balaban J connectivity index is 1.76. The van der Waals surface area contributed by atoms with Crippen molar-refractivity contribution in [2.45, 2.75) is 5.92 Å². The van der Waals surface area contributed by atoms with Crippen molar-refractivity contribution in [1.82, 2.24) is 10.7 Å². The summed E-state index contributed by atoms with van der Waals surface area (Å²) in [6.45, 7) is 0.401. The highest BCUT2D eigenvalue weighted by Crippen LogP contribution is 2.41. The van der Waals surface area contributed by atoms with Gasteiger partial charge >= 0.3 is 0 Å². The van der Waals surface area contributed by atoms with Crippen molar-refractivity contribution in [3.63, 3.8) is 0 Å². The standard InChI is InChI=1S/C19H17Br2N3O4/c1-28-13-7-11(15(20)16(21)17(13)25)8-23-24-19(27)14-12(9-22-18(14)26)10-5-3-2-4-6-10/h2-8,12,14,25H,9H2,1H3,(H,22,26)(H,24,27)/b23-8+. The van der Waals surface area contributed by atoms with Crippen molar-refractivity contribution in [3.05, 3.63) is 56.5 Å². The molecule has 2 atom stereocenters. The molecular formula is C19H17Br2N3O4. The van der Waals surface area contributed by atoms with Crippen LogP contribution in [0.1, 0.15) is 17.0 Å². The second-order valence-electron chi connectivity index (χ2n) is 6.12. The Morgan fingerprint density at radius 2 is 2.04 bits per heavy atom. The van der Waals surface area contributed by atoms with Crippen LogP contribution in [-0.4, -0.2) is 36.8 Å². The highest BCUT2D eigenvalue weighted by atomic mass is 79.9. The zero-order valence-corrected chi connectivity index (χ0v) is 18.0. The number of hydrogen-bond donors (Lipinski definition) is 3. The molecule has 0 radical (unpaired) electrons. The van der Waals surface area contributed by atoms with Crippen molar-refractivity contribution >= 4 is 49.9 Å². The second-order valence-corrected chi connectivity index (χ2v) is 7.70. The maximum atomic E-state index is 12.6. The summed E-state index contributed by atoms with van der Waals surface area (Å²) < 4.78 is 6.05. The number of hydrazone groups is 1. The van der Waals surface area contributed by atoms with E-state index >= 15 is 0 Å². The topological polar surface area (TPSA) is 100 Å². The Morgan fingerprint density at radius 1 is 1.32 bits per heavy atom. The lowest BCUT2D eigenvalue weighted by Gasteiger charge is -2.15. The molecule has 7 nitrogen and oxygen atoms in total. The van der Waals surface area contributed by atoms with Crippen molar-refractivity contribution in [2.24, 2.45) is 11.0 Å². The van der Waals surface area contributed by atoms with Crippen LogP contribution in [-0.2, 0) is 9.59 Å². The molecule has 1 saturated heterocycles. The lowest BCUT2D eigenvalue weighted by molar-refractivity contribution is -0.133. The van der Waals surface area contributed by atoms with Crippen molar-refractivity contribution < 1.29 is 19.4 Å². The fraction of sp³-hybridized carbons (Fsp3) is 0.211. The number of benzene rings is 2. The van der Waals surface area contributed by atoms with Gasteiger partial charge < -0.3 is 15.2 Å². The van der Waals surface area contributed by atoms with E-state index in [2.05, 4.69) is 47.7 Å². The highest BCUT2D eigenvalue weighted by molar-refractivity contribution is 9.13. The van der Waals surface area contributed by atoms with Crippen LogP contribution in [0.4, 0.5) is 0 Å². The van der Waals surface area contributed by atoms with E-state index < -0.39 is 11.8 Å². The van der Waals surface area contributed by atoms with E-state index in [9.17, 15) is 14.7 Å². The number of halogens is 2. The highest BCUT2D eigenvalue weighted by Gasteiger charge is 2.40. The molecule has 0 saturated carbocycles. The molecule has 3 N–H and O–H groups in total. The van der Waals surface area contributed by atoms with Gasteiger partial charge in [-0.1, -0.05) is 30.3 Å². The summed E-state index contributed by atoms with van der Waals surface area (Å²) in [5.41, 5.74) is 3.92. The molecule has 0 aromatic heterocycles. The largest absolute Gasteiger partial charge is 0.503 e. The summed E-state index contributed by atoms with van der Waals surface area (Å²) in [5.74, 6) is -1.72. The molecule has 1 aliphatic rings. The summed E-state index contributed by atoms with van der Waals surface area (Å²) in [5, 5.41) is 16.7. The predicted octanol–water partition coefficient (Wildman–Crippen LogP) is 2.91. The van der Waals surface area contributed by atoms with Crippen LogP contribution in [0, 0.1) is 5.92 Å². The van der Waals surface area contributed by atoms with Gasteiger partial charge in [-0.2, -0.15) is 5.10 Å². The van der Waals surface area contributed by atoms with E-state index in [1.54, 1.807) is 6.07 Å². The lowest BCUT2D eigenvalue weighted by atomic mass is 9.88. The van der Waals surface area contributed by atoms with E-state index in [0.29, 0.717) is 21.1 Å². The van der Waals surface area contributed by atoms with Crippen LogP contribution < -0.4 is 15.5 Å². The quantitative estimate of drug-likeness (QED) is 0.327. The van der Waals surface area contributed by atoms with E-state index in [0.717, 1.165) is 5.56 Å². The Kier molecular flexibility index (Phi) is 6.35. The SMILES string of the molecule is COc1cc(/C=N/NC(=O)C2C(=O)NCC2c2ccccc2)c(Br)c(Br)c1O. The van der Waals surface area contributed by atoms with Crippen LogP contribution in [0.25, 0.3) is 0 Å². The summed E-state index contributed by atoms with van der Waals surface area (Å²) in [6.07, 6.45) is 1.40. The number of phenols is 1. The third kappa shape index (κ3) is 4.05. The number of rotatable bonds is 5. The first-order valence-electron chi connectivity index (χ1n) is 8.34. The summed E-state index contributed by atoms with van der Waals surface area (Å²) in [4.78, 5) is 24.8. The molecule has 2 aromatic carbocycles. The normalized spacial score (nSPS) is 18.9. The number of nitrogens with zero attached hydrogens (tertiary/aromatic N) is 1. The maximum absolute atomic E-state index is 12.6. The van der Waals surface area contributed by atoms with Crippen LogP contribution >= 0.6 is 31.9 Å². The van der Waals surface area contributed by atoms with Gasteiger partial charge in [0.2, 0.25) is 5.91 Å². The number of amides is 2. The first-order chi connectivity index (χ1) is 13.4. The smallest absolute Gasteiger partial charge is 0.253 e. The average molecular weight is 511 g/mol. The molecule has 9 heteroatoms. The number of hydrogen-bond acceptors (Lipinski definition) is 5. The molecule has 0 aliphatic carbocycles. The number of methoxy groups -OCH3 is 1. The minimum absolute atomic E-state index is 0.0520. The predicted molar refractivity (Wildman–Crippen MR) is 111 cm³/mol. The van der Waals surface area contributed by atoms with E-state index in [-0.39, 0.29) is 23.3 Å². The minimum Gasteiger partial charge on any atom is -0.503 e. The van der Waals surface area contributed by atoms with Crippen LogP contribution in [0.15, 0.2) is 50.4 Å². The molecular weight excluding hydrogens is 494 g/mol. The Bertz CT molecular complexity index is 935. The molecule has 1 fully saturated rings. The van der Waals surface area contributed by atoms with Crippen molar-refractivity contribution in [1.29, 1.82) is 0 Å². The molecule has 1 heterocycles. The van der Waals surface area contributed by atoms with Crippen LogP contribution in [0.2, 0.25) is 0 Å². The molecule has 0 spiro atoms. The van der Waals surface area contributed by atoms with Crippen LogP contribution in [0.5, 0.6) is 11.5 Å². The third-order valence-electron chi connectivity index (χ3n) is 4.46. The van der Waals surface area contributed by atoms with Gasteiger partial charge in [0.25, 0.3) is 5.91 Å². The van der Waals surface area contributed by atoms with Crippen molar-refractivity contribution in [3.8, 4) is 11.5 Å².